The van der Waals surface area contributed by atoms with E-state index in [0.29, 0.717) is 11.6 Å². The van der Waals surface area contributed by atoms with E-state index in [1.54, 1.807) is 0 Å². The van der Waals surface area contributed by atoms with Crippen LogP contribution in [0.4, 0.5) is 11.4 Å². The molecule has 1 rings (SSSR count). The molecule has 0 radical (unpaired) electrons. The first kappa shape index (κ1) is 8.78. The standard InChI is InChI=1S/C10H14N2.H2/c1-7(2)8-4-5-9(11)10(6-8)12-3;/h4-7H,3,11H2,1-2H3;1H. The first-order chi connectivity index (χ1) is 5.65. The van der Waals surface area contributed by atoms with Crippen molar-refractivity contribution in [2.45, 2.75) is 19.8 Å². The minimum atomic E-state index is 0. The van der Waals surface area contributed by atoms with Gasteiger partial charge in [0.1, 0.15) is 0 Å². The van der Waals surface area contributed by atoms with Crippen molar-refractivity contribution >= 4 is 18.1 Å². The van der Waals surface area contributed by atoms with Crippen LogP contribution in [-0.2, 0) is 0 Å². The molecule has 0 aromatic heterocycles. The van der Waals surface area contributed by atoms with E-state index in [-0.39, 0.29) is 1.43 Å². The van der Waals surface area contributed by atoms with Gasteiger partial charge in [-0.2, -0.15) is 0 Å². The summed E-state index contributed by atoms with van der Waals surface area (Å²) in [6, 6.07) is 5.88. The molecule has 0 fully saturated rings. The van der Waals surface area contributed by atoms with Crippen LogP contribution in [0.2, 0.25) is 0 Å². The molecule has 0 unspecified atom stereocenters. The molecule has 2 N–H and O–H groups in total. The zero-order valence-electron chi connectivity index (χ0n) is 7.54. The highest BCUT2D eigenvalue weighted by molar-refractivity contribution is 5.66. The second-order valence-electron chi connectivity index (χ2n) is 3.13. The molecule has 0 heterocycles. The van der Waals surface area contributed by atoms with Crippen molar-refractivity contribution < 1.29 is 1.43 Å². The highest BCUT2D eigenvalue weighted by Gasteiger charge is 2.01. The predicted octanol–water partition coefficient (Wildman–Crippen LogP) is 2.97. The van der Waals surface area contributed by atoms with Gasteiger partial charge >= 0.3 is 0 Å². The number of anilines is 1. The van der Waals surface area contributed by atoms with E-state index < -0.39 is 0 Å². The topological polar surface area (TPSA) is 38.4 Å². The number of aliphatic imine (C=N–C) groups is 1. The lowest BCUT2D eigenvalue weighted by Gasteiger charge is -2.07. The van der Waals surface area contributed by atoms with Gasteiger partial charge in [0.05, 0.1) is 11.4 Å². The van der Waals surface area contributed by atoms with E-state index >= 15 is 0 Å². The van der Waals surface area contributed by atoms with Gasteiger partial charge in [-0.1, -0.05) is 19.9 Å². The number of rotatable bonds is 2. The molecular formula is C10H16N2. The van der Waals surface area contributed by atoms with E-state index in [2.05, 4.69) is 25.6 Å². The smallest absolute Gasteiger partial charge is 0.0854 e. The number of nitrogen functional groups attached to an aromatic ring is 1. The maximum atomic E-state index is 5.67. The summed E-state index contributed by atoms with van der Waals surface area (Å²) in [4.78, 5) is 3.84. The molecule has 0 bridgehead atoms. The number of nitrogens with zero attached hydrogens (tertiary/aromatic N) is 1. The molecule has 0 aliphatic rings. The molecule has 0 saturated heterocycles. The zero-order chi connectivity index (χ0) is 9.14. The highest BCUT2D eigenvalue weighted by Crippen LogP contribution is 2.26. The maximum absolute atomic E-state index is 5.67. The summed E-state index contributed by atoms with van der Waals surface area (Å²) in [5, 5.41) is 0. The summed E-state index contributed by atoms with van der Waals surface area (Å²) in [6.45, 7) is 7.74. The molecule has 2 heteroatoms. The van der Waals surface area contributed by atoms with Crippen molar-refractivity contribution in [3.05, 3.63) is 23.8 Å². The van der Waals surface area contributed by atoms with E-state index in [1.165, 1.54) is 5.56 Å². The van der Waals surface area contributed by atoms with Gasteiger partial charge in [0, 0.05) is 1.43 Å². The zero-order valence-corrected chi connectivity index (χ0v) is 7.54. The average Bonchev–Trinajstić information content (AvgIpc) is 2.05. The summed E-state index contributed by atoms with van der Waals surface area (Å²) >= 11 is 0. The van der Waals surface area contributed by atoms with Crippen LogP contribution in [-0.4, -0.2) is 6.72 Å². The first-order valence-corrected chi connectivity index (χ1v) is 4.01. The summed E-state index contributed by atoms with van der Waals surface area (Å²) in [6.07, 6.45) is 0. The van der Waals surface area contributed by atoms with Crippen LogP contribution in [0.25, 0.3) is 0 Å². The summed E-state index contributed by atoms with van der Waals surface area (Å²) in [5.74, 6) is 0.506. The number of hydrogen-bond donors (Lipinski definition) is 1. The van der Waals surface area contributed by atoms with Gasteiger partial charge in [0.2, 0.25) is 0 Å². The predicted molar refractivity (Wildman–Crippen MR) is 56.3 cm³/mol. The maximum Gasteiger partial charge on any atom is 0.0854 e. The van der Waals surface area contributed by atoms with Gasteiger partial charge in [-0.25, -0.2) is 0 Å². The minimum Gasteiger partial charge on any atom is -0.397 e. The minimum absolute atomic E-state index is 0. The lowest BCUT2D eigenvalue weighted by molar-refractivity contribution is 0.867. The molecule has 0 atom stereocenters. The monoisotopic (exact) mass is 164 g/mol. The Morgan fingerprint density at radius 2 is 2.17 bits per heavy atom. The summed E-state index contributed by atoms with van der Waals surface area (Å²) in [5.41, 5.74) is 8.38. The Morgan fingerprint density at radius 1 is 1.50 bits per heavy atom. The van der Waals surface area contributed by atoms with Crippen LogP contribution in [0.5, 0.6) is 0 Å². The summed E-state index contributed by atoms with van der Waals surface area (Å²) in [7, 11) is 0. The van der Waals surface area contributed by atoms with Crippen molar-refractivity contribution in [3.63, 3.8) is 0 Å². The van der Waals surface area contributed by atoms with Gasteiger partial charge in [0.15, 0.2) is 0 Å². The Labute approximate surface area is 74.6 Å². The normalized spacial score (nSPS) is 10.2. The van der Waals surface area contributed by atoms with Crippen LogP contribution in [0.3, 0.4) is 0 Å². The van der Waals surface area contributed by atoms with Gasteiger partial charge < -0.3 is 5.73 Å². The van der Waals surface area contributed by atoms with E-state index in [1.807, 2.05) is 18.2 Å². The molecule has 0 aliphatic heterocycles. The third-order valence-corrected chi connectivity index (χ3v) is 1.89. The van der Waals surface area contributed by atoms with Crippen molar-refractivity contribution in [1.29, 1.82) is 0 Å². The number of nitrogens with two attached hydrogens (primary N) is 1. The quantitative estimate of drug-likeness (QED) is 0.529. The van der Waals surface area contributed by atoms with E-state index in [9.17, 15) is 0 Å². The molecule has 12 heavy (non-hydrogen) atoms. The van der Waals surface area contributed by atoms with Gasteiger partial charge in [0.25, 0.3) is 0 Å². The lowest BCUT2D eigenvalue weighted by Crippen LogP contribution is -1.90. The van der Waals surface area contributed by atoms with Gasteiger partial charge in [-0.05, 0) is 30.3 Å². The molecule has 0 saturated carbocycles. The molecule has 0 spiro atoms. The van der Waals surface area contributed by atoms with E-state index in [0.717, 1.165) is 5.69 Å². The fourth-order valence-electron chi connectivity index (χ4n) is 1.06. The van der Waals surface area contributed by atoms with Crippen LogP contribution in [0.15, 0.2) is 23.2 Å². The lowest BCUT2D eigenvalue weighted by atomic mass is 10.0. The molecule has 66 valence electrons. The molecule has 2 nitrogen and oxygen atoms in total. The fraction of sp³-hybridized carbons (Fsp3) is 0.300. The molecular weight excluding hydrogens is 148 g/mol. The Bertz CT molecular complexity index is 295. The summed E-state index contributed by atoms with van der Waals surface area (Å²) < 4.78 is 0. The second-order valence-corrected chi connectivity index (χ2v) is 3.13. The largest absolute Gasteiger partial charge is 0.397 e. The van der Waals surface area contributed by atoms with Crippen LogP contribution < -0.4 is 5.73 Å². The van der Waals surface area contributed by atoms with Crippen LogP contribution >= 0.6 is 0 Å². The van der Waals surface area contributed by atoms with Crippen molar-refractivity contribution in [2.75, 3.05) is 5.73 Å². The van der Waals surface area contributed by atoms with Gasteiger partial charge in [-0.15, -0.1) is 0 Å². The van der Waals surface area contributed by atoms with Crippen LogP contribution in [0, 0.1) is 0 Å². The third-order valence-electron chi connectivity index (χ3n) is 1.89. The number of hydrogen-bond acceptors (Lipinski definition) is 2. The highest BCUT2D eigenvalue weighted by atomic mass is 14.7. The fourth-order valence-corrected chi connectivity index (χ4v) is 1.06. The molecule has 0 amide bonds. The Morgan fingerprint density at radius 3 is 2.67 bits per heavy atom. The Hall–Kier alpha value is -1.31. The SMILES string of the molecule is C=Nc1cc(C(C)C)ccc1N.[HH]. The second kappa shape index (κ2) is 3.39. The number of benzene rings is 1. The first-order valence-electron chi connectivity index (χ1n) is 4.01. The van der Waals surface area contributed by atoms with E-state index in [4.69, 9.17) is 5.73 Å². The molecule has 1 aromatic rings. The third kappa shape index (κ3) is 1.64. The van der Waals surface area contributed by atoms with Crippen molar-refractivity contribution in [1.82, 2.24) is 0 Å². The van der Waals surface area contributed by atoms with Crippen LogP contribution in [0.1, 0.15) is 26.8 Å². The Balaban J connectivity index is 0.00000144. The molecule has 1 aromatic carbocycles. The Kier molecular flexibility index (Phi) is 2.48. The average molecular weight is 164 g/mol. The van der Waals surface area contributed by atoms with Gasteiger partial charge in [-0.3, -0.25) is 4.99 Å². The molecule has 0 aliphatic carbocycles. The van der Waals surface area contributed by atoms with Crippen molar-refractivity contribution in [3.8, 4) is 0 Å². The van der Waals surface area contributed by atoms with Crippen molar-refractivity contribution in [2.24, 2.45) is 4.99 Å².